The molecular formula is C28H31FN10O4. The first-order valence-corrected chi connectivity index (χ1v) is 13.1. The van der Waals surface area contributed by atoms with E-state index in [4.69, 9.17) is 26.0 Å². The van der Waals surface area contributed by atoms with Crippen molar-refractivity contribution in [1.29, 1.82) is 10.8 Å². The number of hydrogen-bond donors (Lipinski definition) is 6. The SMILES string of the molecule is COc1ccc(F)cc1C(=O)NCc1ccc(C(=N)c2c(N)ncnc2NCC2COCCN2C(=O)NC=NC=N)cc1. The lowest BCUT2D eigenvalue weighted by atomic mass is 10.0. The summed E-state index contributed by atoms with van der Waals surface area (Å²) in [5.74, 6) is -0.367. The van der Waals surface area contributed by atoms with Gasteiger partial charge in [-0.05, 0) is 23.8 Å². The van der Waals surface area contributed by atoms with E-state index in [1.54, 1.807) is 29.2 Å². The number of rotatable bonds is 11. The highest BCUT2D eigenvalue weighted by Gasteiger charge is 2.28. The number of nitrogen functional groups attached to an aromatic ring is 1. The quantitative estimate of drug-likeness (QED) is 0.144. The Bertz CT molecular complexity index is 1520. The lowest BCUT2D eigenvalue weighted by Crippen LogP contribution is -2.54. The van der Waals surface area contributed by atoms with E-state index in [1.807, 2.05) is 0 Å². The van der Waals surface area contributed by atoms with Crippen LogP contribution < -0.4 is 26.4 Å². The van der Waals surface area contributed by atoms with Crippen LogP contribution in [0, 0.1) is 16.6 Å². The molecule has 1 aliphatic rings. The molecule has 1 aliphatic heterocycles. The zero-order chi connectivity index (χ0) is 30.8. The number of morpholine rings is 1. The van der Waals surface area contributed by atoms with Crippen LogP contribution in [0.3, 0.4) is 0 Å². The third kappa shape index (κ3) is 7.65. The van der Waals surface area contributed by atoms with E-state index in [0.29, 0.717) is 24.5 Å². The Morgan fingerprint density at radius 2 is 2.05 bits per heavy atom. The van der Waals surface area contributed by atoms with Crippen molar-refractivity contribution in [2.24, 2.45) is 4.99 Å². The van der Waals surface area contributed by atoms with Crippen molar-refractivity contribution < 1.29 is 23.5 Å². The average molecular weight is 591 g/mol. The number of anilines is 2. The zero-order valence-corrected chi connectivity index (χ0v) is 23.3. The van der Waals surface area contributed by atoms with Gasteiger partial charge in [0.2, 0.25) is 0 Å². The lowest BCUT2D eigenvalue weighted by Gasteiger charge is -2.35. The highest BCUT2D eigenvalue weighted by molar-refractivity contribution is 6.16. The number of nitrogens with zero attached hydrogens (tertiary/aromatic N) is 4. The molecular weight excluding hydrogens is 559 g/mol. The van der Waals surface area contributed by atoms with Crippen molar-refractivity contribution >= 4 is 42.0 Å². The molecule has 1 unspecified atom stereocenters. The minimum Gasteiger partial charge on any atom is -0.496 e. The van der Waals surface area contributed by atoms with E-state index in [0.717, 1.165) is 24.3 Å². The van der Waals surface area contributed by atoms with Crippen molar-refractivity contribution in [2.45, 2.75) is 12.6 Å². The number of amides is 3. The lowest BCUT2D eigenvalue weighted by molar-refractivity contribution is 0.0181. The molecule has 15 heteroatoms. The molecule has 0 saturated carbocycles. The van der Waals surface area contributed by atoms with Crippen molar-refractivity contribution in [3.63, 3.8) is 0 Å². The number of nitrogens with one attached hydrogen (secondary N) is 5. The van der Waals surface area contributed by atoms with Gasteiger partial charge in [0.25, 0.3) is 5.91 Å². The van der Waals surface area contributed by atoms with Crippen LogP contribution in [0.15, 0.2) is 53.8 Å². The molecule has 0 radical (unpaired) electrons. The van der Waals surface area contributed by atoms with Crippen molar-refractivity contribution in [2.75, 3.05) is 44.5 Å². The third-order valence-corrected chi connectivity index (χ3v) is 6.56. The highest BCUT2D eigenvalue weighted by Crippen LogP contribution is 2.23. The van der Waals surface area contributed by atoms with Gasteiger partial charge in [-0.25, -0.2) is 24.1 Å². The van der Waals surface area contributed by atoms with Gasteiger partial charge < -0.3 is 30.7 Å². The standard InChI is InChI=1S/C28H31FN10O4/c1-42-22-7-6-19(29)10-21(22)27(40)35-11-17-2-4-18(5-3-17)24(31)23-25(32)36-16-37-26(23)34-12-20-13-43-9-8-39(20)28(41)38-15-33-14-30/h2-7,10,14-16,20,31H,8-9,11-13H2,1H3,(H,35,40)(H2,30,33,38,41)(H3,32,34,36,37). The fourth-order valence-electron chi connectivity index (χ4n) is 4.37. The smallest absolute Gasteiger partial charge is 0.323 e. The van der Waals surface area contributed by atoms with Crippen LogP contribution in [0.5, 0.6) is 5.75 Å². The van der Waals surface area contributed by atoms with Crippen LogP contribution >= 0.6 is 0 Å². The number of aromatic nitrogens is 2. The third-order valence-electron chi connectivity index (χ3n) is 6.56. The molecule has 14 nitrogen and oxygen atoms in total. The molecule has 3 aromatic rings. The van der Waals surface area contributed by atoms with Crippen LogP contribution in [-0.4, -0.2) is 84.6 Å². The molecule has 1 aromatic heterocycles. The number of carbonyl (C=O) groups is 2. The first-order chi connectivity index (χ1) is 20.8. The van der Waals surface area contributed by atoms with Crippen molar-refractivity contribution in [3.05, 3.63) is 76.9 Å². The van der Waals surface area contributed by atoms with Gasteiger partial charge in [0.1, 0.15) is 35.9 Å². The number of ether oxygens (including phenoxy) is 2. The molecule has 43 heavy (non-hydrogen) atoms. The van der Waals surface area contributed by atoms with Crippen LogP contribution in [0.25, 0.3) is 0 Å². The summed E-state index contributed by atoms with van der Waals surface area (Å²) in [4.78, 5) is 38.7. The topological polar surface area (TPSA) is 204 Å². The second-order valence-corrected chi connectivity index (χ2v) is 9.24. The maximum Gasteiger partial charge on any atom is 0.323 e. The second-order valence-electron chi connectivity index (χ2n) is 9.24. The molecule has 1 fully saturated rings. The first-order valence-electron chi connectivity index (χ1n) is 13.1. The van der Waals surface area contributed by atoms with E-state index < -0.39 is 11.7 Å². The van der Waals surface area contributed by atoms with E-state index >= 15 is 0 Å². The van der Waals surface area contributed by atoms with Crippen molar-refractivity contribution in [3.8, 4) is 5.75 Å². The molecule has 224 valence electrons. The van der Waals surface area contributed by atoms with Gasteiger partial charge in [-0.3, -0.25) is 20.9 Å². The molecule has 4 rings (SSSR count). The summed E-state index contributed by atoms with van der Waals surface area (Å²) in [6.45, 7) is 1.42. The Morgan fingerprint density at radius 1 is 1.26 bits per heavy atom. The number of hydrogen-bond acceptors (Lipinski definition) is 10. The van der Waals surface area contributed by atoms with Crippen LogP contribution in [0.4, 0.5) is 20.8 Å². The Kier molecular flexibility index (Phi) is 10.3. The van der Waals surface area contributed by atoms with Crippen LogP contribution in [-0.2, 0) is 11.3 Å². The summed E-state index contributed by atoms with van der Waals surface area (Å²) in [5, 5.41) is 24.2. The number of nitrogens with two attached hydrogens (primary N) is 1. The molecule has 1 saturated heterocycles. The fourth-order valence-corrected chi connectivity index (χ4v) is 4.37. The normalized spacial score (nSPS) is 14.7. The minimum atomic E-state index is -0.549. The van der Waals surface area contributed by atoms with Gasteiger partial charge in [0.05, 0.1) is 49.5 Å². The van der Waals surface area contributed by atoms with E-state index in [2.05, 4.69) is 30.9 Å². The summed E-state index contributed by atoms with van der Waals surface area (Å²) in [6.07, 6.45) is 3.23. The number of aliphatic imine (C=N–C) groups is 1. The maximum absolute atomic E-state index is 13.7. The zero-order valence-electron chi connectivity index (χ0n) is 23.3. The molecule has 7 N–H and O–H groups in total. The predicted molar refractivity (Wildman–Crippen MR) is 159 cm³/mol. The summed E-state index contributed by atoms with van der Waals surface area (Å²) < 4.78 is 24.4. The summed E-state index contributed by atoms with van der Waals surface area (Å²) >= 11 is 0. The van der Waals surface area contributed by atoms with E-state index in [1.165, 1.54) is 25.6 Å². The molecule has 2 aromatic carbocycles. The average Bonchev–Trinajstić information content (AvgIpc) is 3.02. The van der Waals surface area contributed by atoms with Crippen LogP contribution in [0.1, 0.15) is 27.0 Å². The molecule has 2 heterocycles. The Labute approximate surface area is 246 Å². The second kappa shape index (κ2) is 14.5. The van der Waals surface area contributed by atoms with Crippen LogP contribution in [0.2, 0.25) is 0 Å². The Hall–Kier alpha value is -5.44. The summed E-state index contributed by atoms with van der Waals surface area (Å²) in [5.41, 5.74) is 7.87. The van der Waals surface area contributed by atoms with Gasteiger partial charge in [0, 0.05) is 25.2 Å². The molecule has 0 spiro atoms. The summed E-state index contributed by atoms with van der Waals surface area (Å²) in [7, 11) is 1.40. The van der Waals surface area contributed by atoms with Crippen molar-refractivity contribution in [1.82, 2.24) is 25.5 Å². The number of halogens is 1. The molecule has 1 atom stereocenters. The predicted octanol–water partition coefficient (Wildman–Crippen LogP) is 2.01. The van der Waals surface area contributed by atoms with E-state index in [9.17, 15) is 14.0 Å². The molecule has 0 bridgehead atoms. The van der Waals surface area contributed by atoms with Gasteiger partial charge >= 0.3 is 6.03 Å². The van der Waals surface area contributed by atoms with E-state index in [-0.39, 0.29) is 60.2 Å². The first kappa shape index (κ1) is 30.5. The largest absolute Gasteiger partial charge is 0.496 e. The van der Waals surface area contributed by atoms with Gasteiger partial charge in [-0.1, -0.05) is 24.3 Å². The monoisotopic (exact) mass is 590 g/mol. The fraction of sp³-hybridized carbons (Fsp3) is 0.250. The Balaban J connectivity index is 1.42. The maximum atomic E-state index is 13.7. The van der Waals surface area contributed by atoms with Gasteiger partial charge in [-0.2, -0.15) is 0 Å². The number of urea groups is 1. The molecule has 0 aliphatic carbocycles. The number of benzene rings is 2. The highest BCUT2D eigenvalue weighted by atomic mass is 19.1. The number of methoxy groups -OCH3 is 1. The van der Waals surface area contributed by atoms with Gasteiger partial charge in [0.15, 0.2) is 0 Å². The minimum absolute atomic E-state index is 0.0676. The van der Waals surface area contributed by atoms with Gasteiger partial charge in [-0.15, -0.1) is 0 Å². The Morgan fingerprint density at radius 3 is 2.79 bits per heavy atom. The number of carbonyl (C=O) groups excluding carboxylic acids is 2. The summed E-state index contributed by atoms with van der Waals surface area (Å²) in [6, 6.07) is 9.88. The molecule has 3 amide bonds.